The first kappa shape index (κ1) is 15.1. The van der Waals surface area contributed by atoms with Gasteiger partial charge in [0.2, 0.25) is 0 Å². The van der Waals surface area contributed by atoms with E-state index in [-0.39, 0.29) is 12.2 Å². The number of carbonyl (C=O) groups is 1. The summed E-state index contributed by atoms with van der Waals surface area (Å²) in [5.41, 5.74) is -0.859. The number of aromatic nitrogens is 1. The Hall–Kier alpha value is -1.32. The Morgan fingerprint density at radius 1 is 1.65 bits per heavy atom. The molecule has 1 fully saturated rings. The zero-order chi connectivity index (χ0) is 14.7. The van der Waals surface area contributed by atoms with Crippen LogP contribution in [0.4, 0.5) is 14.5 Å². The van der Waals surface area contributed by atoms with Gasteiger partial charge in [0.05, 0.1) is 12.2 Å². The standard InChI is InChI=1S/C11H12BrF2N3O3/c12-11-15-4-8(20-11)9(18)16-6-3-7(14)10(19)17(5-6)2-1-13/h3,5,8,11,15H,1-2,4H2,(H,16,18). The van der Waals surface area contributed by atoms with Crippen molar-refractivity contribution in [1.29, 1.82) is 0 Å². The van der Waals surface area contributed by atoms with E-state index in [1.165, 1.54) is 6.20 Å². The van der Waals surface area contributed by atoms with Crippen LogP contribution >= 0.6 is 15.9 Å². The Morgan fingerprint density at radius 3 is 3.00 bits per heavy atom. The van der Waals surface area contributed by atoms with Gasteiger partial charge in [-0.2, -0.15) is 0 Å². The molecule has 0 aliphatic carbocycles. The number of rotatable bonds is 4. The van der Waals surface area contributed by atoms with E-state index in [1.807, 2.05) is 0 Å². The van der Waals surface area contributed by atoms with E-state index in [9.17, 15) is 18.4 Å². The van der Waals surface area contributed by atoms with Gasteiger partial charge in [0.15, 0.2) is 17.1 Å². The molecule has 1 aromatic rings. The number of nitrogens with zero attached hydrogens (tertiary/aromatic N) is 1. The lowest BCUT2D eigenvalue weighted by Gasteiger charge is -2.12. The van der Waals surface area contributed by atoms with E-state index >= 15 is 0 Å². The van der Waals surface area contributed by atoms with Crippen LogP contribution in [0.2, 0.25) is 0 Å². The number of nitrogens with one attached hydrogen (secondary N) is 2. The smallest absolute Gasteiger partial charge is 0.286 e. The zero-order valence-corrected chi connectivity index (χ0v) is 11.8. The molecule has 0 saturated carbocycles. The molecule has 1 saturated heterocycles. The topological polar surface area (TPSA) is 72.4 Å². The fourth-order valence-corrected chi connectivity index (χ4v) is 2.19. The third-order valence-corrected chi connectivity index (χ3v) is 3.21. The van der Waals surface area contributed by atoms with E-state index in [4.69, 9.17) is 4.74 Å². The largest absolute Gasteiger partial charge is 0.339 e. The summed E-state index contributed by atoms with van der Waals surface area (Å²) in [6.07, 6.45) is 0.459. The summed E-state index contributed by atoms with van der Waals surface area (Å²) in [6.45, 7) is -0.781. The lowest BCUT2D eigenvalue weighted by molar-refractivity contribution is -0.124. The van der Waals surface area contributed by atoms with Crippen molar-refractivity contribution in [2.75, 3.05) is 18.5 Å². The molecule has 2 atom stereocenters. The van der Waals surface area contributed by atoms with E-state index in [2.05, 4.69) is 26.6 Å². The van der Waals surface area contributed by atoms with Crippen molar-refractivity contribution in [1.82, 2.24) is 9.88 Å². The molecule has 2 rings (SSSR count). The fraction of sp³-hybridized carbons (Fsp3) is 0.455. The highest BCUT2D eigenvalue weighted by Crippen LogP contribution is 2.13. The molecule has 6 nitrogen and oxygen atoms in total. The molecule has 0 spiro atoms. The van der Waals surface area contributed by atoms with Gasteiger partial charge in [-0.05, 0) is 15.9 Å². The van der Waals surface area contributed by atoms with Gasteiger partial charge < -0.3 is 14.6 Å². The third kappa shape index (κ3) is 3.41. The molecule has 9 heteroatoms. The van der Waals surface area contributed by atoms with Crippen molar-refractivity contribution >= 4 is 27.5 Å². The zero-order valence-electron chi connectivity index (χ0n) is 10.2. The lowest BCUT2D eigenvalue weighted by atomic mass is 10.3. The van der Waals surface area contributed by atoms with Gasteiger partial charge in [0.25, 0.3) is 11.5 Å². The molecule has 2 N–H and O–H groups in total. The highest BCUT2D eigenvalue weighted by atomic mass is 79.9. The predicted octanol–water partition coefficient (Wildman–Crippen LogP) is 0.562. The first-order valence-electron chi connectivity index (χ1n) is 5.81. The second-order valence-electron chi connectivity index (χ2n) is 4.10. The van der Waals surface area contributed by atoms with Crippen molar-refractivity contribution < 1.29 is 18.3 Å². The summed E-state index contributed by atoms with van der Waals surface area (Å²) in [5, 5.41) is 4.85. The van der Waals surface area contributed by atoms with Crippen LogP contribution in [-0.4, -0.2) is 34.9 Å². The number of hydrogen-bond donors (Lipinski definition) is 2. The normalized spacial score (nSPS) is 21.9. The Morgan fingerprint density at radius 2 is 2.40 bits per heavy atom. The molecule has 1 aliphatic heterocycles. The quantitative estimate of drug-likeness (QED) is 0.614. The maximum Gasteiger partial charge on any atom is 0.286 e. The maximum atomic E-state index is 13.4. The molecule has 1 aliphatic rings. The summed E-state index contributed by atoms with van der Waals surface area (Å²) >= 11 is 3.13. The lowest BCUT2D eigenvalue weighted by Crippen LogP contribution is -2.32. The molecular formula is C11H12BrF2N3O3. The van der Waals surface area contributed by atoms with Gasteiger partial charge in [0, 0.05) is 18.8 Å². The maximum absolute atomic E-state index is 13.4. The minimum absolute atomic E-state index is 0.0715. The minimum atomic E-state index is -1.06. The first-order valence-corrected chi connectivity index (χ1v) is 6.72. The molecule has 1 aromatic heterocycles. The average Bonchev–Trinajstić information content (AvgIpc) is 2.82. The number of alkyl halides is 2. The van der Waals surface area contributed by atoms with Crippen LogP contribution in [0.1, 0.15) is 0 Å². The van der Waals surface area contributed by atoms with Crippen molar-refractivity contribution in [2.24, 2.45) is 0 Å². The Balaban J connectivity index is 2.13. The molecule has 2 unspecified atom stereocenters. The van der Waals surface area contributed by atoms with E-state index in [1.54, 1.807) is 0 Å². The van der Waals surface area contributed by atoms with Crippen LogP contribution in [0.5, 0.6) is 0 Å². The van der Waals surface area contributed by atoms with Crippen LogP contribution in [0.3, 0.4) is 0 Å². The molecule has 0 radical (unpaired) electrons. The van der Waals surface area contributed by atoms with Crippen LogP contribution in [0.15, 0.2) is 17.1 Å². The van der Waals surface area contributed by atoms with Gasteiger partial charge in [-0.25, -0.2) is 8.78 Å². The van der Waals surface area contributed by atoms with Gasteiger partial charge in [0.1, 0.15) is 6.67 Å². The number of halogens is 3. The van der Waals surface area contributed by atoms with Crippen LogP contribution < -0.4 is 16.2 Å². The van der Waals surface area contributed by atoms with Gasteiger partial charge in [-0.3, -0.25) is 14.9 Å². The van der Waals surface area contributed by atoms with E-state index in [0.717, 1.165) is 10.6 Å². The fourth-order valence-electron chi connectivity index (χ4n) is 1.74. The molecule has 0 aromatic carbocycles. The van der Waals surface area contributed by atoms with E-state index in [0.29, 0.717) is 6.54 Å². The molecule has 1 amide bonds. The Labute approximate surface area is 121 Å². The van der Waals surface area contributed by atoms with Crippen molar-refractivity contribution in [3.05, 3.63) is 28.4 Å². The summed E-state index contributed by atoms with van der Waals surface area (Å²) in [6, 6.07) is 0.892. The monoisotopic (exact) mass is 351 g/mol. The molecular weight excluding hydrogens is 340 g/mol. The van der Waals surface area contributed by atoms with Crippen LogP contribution in [0.25, 0.3) is 0 Å². The summed E-state index contributed by atoms with van der Waals surface area (Å²) in [5.74, 6) is -1.54. The molecule has 110 valence electrons. The number of hydrogen-bond acceptors (Lipinski definition) is 4. The Kier molecular flexibility index (Phi) is 4.84. The predicted molar refractivity (Wildman–Crippen MR) is 70.9 cm³/mol. The highest BCUT2D eigenvalue weighted by Gasteiger charge is 2.28. The molecule has 2 heterocycles. The van der Waals surface area contributed by atoms with Gasteiger partial charge >= 0.3 is 0 Å². The van der Waals surface area contributed by atoms with Gasteiger partial charge in [-0.1, -0.05) is 0 Å². The van der Waals surface area contributed by atoms with Crippen molar-refractivity contribution in [3.63, 3.8) is 0 Å². The van der Waals surface area contributed by atoms with E-state index < -0.39 is 35.2 Å². The van der Waals surface area contributed by atoms with Crippen LogP contribution in [0, 0.1) is 5.82 Å². The first-order chi connectivity index (χ1) is 9.51. The second kappa shape index (κ2) is 6.42. The number of pyridine rings is 1. The number of ether oxygens (including phenoxy) is 1. The second-order valence-corrected chi connectivity index (χ2v) is 4.93. The third-order valence-electron chi connectivity index (χ3n) is 2.68. The van der Waals surface area contributed by atoms with Crippen molar-refractivity contribution in [2.45, 2.75) is 17.8 Å². The summed E-state index contributed by atoms with van der Waals surface area (Å²) in [7, 11) is 0. The molecule has 0 bridgehead atoms. The number of amides is 1. The SMILES string of the molecule is O=C(Nc1cc(F)c(=O)n(CCF)c1)C1CNC(Br)O1. The average molecular weight is 352 g/mol. The number of carbonyl (C=O) groups excluding carboxylic acids is 1. The molecule has 20 heavy (non-hydrogen) atoms. The van der Waals surface area contributed by atoms with Gasteiger partial charge in [-0.15, -0.1) is 0 Å². The summed E-state index contributed by atoms with van der Waals surface area (Å²) < 4.78 is 31.7. The highest BCUT2D eigenvalue weighted by molar-refractivity contribution is 9.09. The Bertz CT molecular complexity index is 566. The summed E-state index contributed by atoms with van der Waals surface area (Å²) in [4.78, 5) is 23.2. The minimum Gasteiger partial charge on any atom is -0.339 e. The van der Waals surface area contributed by atoms with Crippen LogP contribution in [-0.2, 0) is 16.1 Å². The number of anilines is 1. The van der Waals surface area contributed by atoms with Crippen molar-refractivity contribution in [3.8, 4) is 0 Å². The number of aryl methyl sites for hydroxylation is 1.